The van der Waals surface area contributed by atoms with Crippen molar-refractivity contribution in [2.45, 2.75) is 39.5 Å². The minimum Gasteiger partial charge on any atom is -0.372 e. The number of hydrogen-bond donors (Lipinski definition) is 1. The van der Waals surface area contributed by atoms with Crippen molar-refractivity contribution in [3.05, 3.63) is 66.0 Å². The number of hydrogen-bond acceptors (Lipinski definition) is 5. The van der Waals surface area contributed by atoms with E-state index in [1.54, 1.807) is 6.07 Å². The average molecular weight is 407 g/mol. The van der Waals surface area contributed by atoms with E-state index >= 15 is 0 Å². The van der Waals surface area contributed by atoms with E-state index in [0.29, 0.717) is 29.4 Å². The van der Waals surface area contributed by atoms with E-state index in [2.05, 4.69) is 39.4 Å². The molecule has 0 aliphatic heterocycles. The Morgan fingerprint density at radius 2 is 1.77 bits per heavy atom. The number of carbonyl (C=O) groups is 1. The number of aromatic nitrogens is 2. The van der Waals surface area contributed by atoms with Gasteiger partial charge in [-0.25, -0.2) is 0 Å². The van der Waals surface area contributed by atoms with Crippen molar-refractivity contribution in [2.75, 3.05) is 24.5 Å². The quantitative estimate of drug-likeness (QED) is 0.550. The lowest BCUT2D eigenvalue weighted by Crippen LogP contribution is -2.30. The summed E-state index contributed by atoms with van der Waals surface area (Å²) in [5.41, 5.74) is 2.17. The number of carbonyl (C=O) groups excluding carboxylic acids is 1. The second-order valence-electron chi connectivity index (χ2n) is 8.24. The summed E-state index contributed by atoms with van der Waals surface area (Å²) in [6.45, 7) is 10.6. The molecule has 0 aliphatic rings. The Balaban J connectivity index is 1.62. The summed E-state index contributed by atoms with van der Waals surface area (Å²) >= 11 is 0. The second kappa shape index (κ2) is 9.57. The van der Waals surface area contributed by atoms with Crippen LogP contribution >= 0.6 is 0 Å². The number of rotatable bonds is 8. The number of amides is 1. The zero-order valence-electron chi connectivity index (χ0n) is 18.2. The van der Waals surface area contributed by atoms with E-state index in [1.807, 2.05) is 57.2 Å². The predicted molar refractivity (Wildman–Crippen MR) is 120 cm³/mol. The van der Waals surface area contributed by atoms with Crippen molar-refractivity contribution in [3.8, 4) is 11.5 Å². The van der Waals surface area contributed by atoms with Crippen molar-refractivity contribution < 1.29 is 9.32 Å². The number of anilines is 1. The molecule has 1 amide bonds. The molecule has 3 rings (SSSR count). The molecule has 1 N–H and O–H groups in total. The van der Waals surface area contributed by atoms with Crippen LogP contribution in [-0.4, -0.2) is 35.7 Å². The molecule has 158 valence electrons. The highest BCUT2D eigenvalue weighted by Gasteiger charge is 2.23. The maximum atomic E-state index is 12.8. The summed E-state index contributed by atoms with van der Waals surface area (Å²) in [4.78, 5) is 19.6. The highest BCUT2D eigenvalue weighted by atomic mass is 16.5. The lowest BCUT2D eigenvalue weighted by Gasteiger charge is -2.23. The van der Waals surface area contributed by atoms with Gasteiger partial charge in [-0.15, -0.1) is 0 Å². The molecule has 6 nitrogen and oxygen atoms in total. The van der Waals surface area contributed by atoms with Crippen LogP contribution in [0.4, 0.5) is 5.69 Å². The van der Waals surface area contributed by atoms with Gasteiger partial charge < -0.3 is 14.7 Å². The van der Waals surface area contributed by atoms with Crippen molar-refractivity contribution >= 4 is 11.6 Å². The van der Waals surface area contributed by atoms with Gasteiger partial charge in [0.25, 0.3) is 11.8 Å². The Hall–Kier alpha value is -3.15. The maximum absolute atomic E-state index is 12.8. The first-order valence-corrected chi connectivity index (χ1v) is 10.4. The summed E-state index contributed by atoms with van der Waals surface area (Å²) in [6, 6.07) is 17.6. The predicted octanol–water partition coefficient (Wildman–Crippen LogP) is 4.68. The van der Waals surface area contributed by atoms with Gasteiger partial charge in [-0.2, -0.15) is 4.98 Å². The molecular weight excluding hydrogens is 376 g/mol. The Bertz CT molecular complexity index is 961. The number of para-hydroxylation sites is 1. The fourth-order valence-corrected chi connectivity index (χ4v) is 3.18. The maximum Gasteiger partial charge on any atom is 0.258 e. The third-order valence-corrected chi connectivity index (χ3v) is 4.89. The van der Waals surface area contributed by atoms with Gasteiger partial charge in [-0.1, -0.05) is 56.3 Å². The van der Waals surface area contributed by atoms with Crippen LogP contribution in [0.2, 0.25) is 0 Å². The Labute approximate surface area is 178 Å². The zero-order valence-corrected chi connectivity index (χ0v) is 18.2. The van der Waals surface area contributed by atoms with Gasteiger partial charge >= 0.3 is 0 Å². The second-order valence-corrected chi connectivity index (χ2v) is 8.24. The molecule has 2 aromatic carbocycles. The molecule has 30 heavy (non-hydrogen) atoms. The fourth-order valence-electron chi connectivity index (χ4n) is 3.18. The Morgan fingerprint density at radius 1 is 1.07 bits per heavy atom. The Kier molecular flexibility index (Phi) is 6.87. The molecule has 0 atom stereocenters. The topological polar surface area (TPSA) is 71.3 Å². The van der Waals surface area contributed by atoms with Crippen LogP contribution in [0.3, 0.4) is 0 Å². The highest BCUT2D eigenvalue weighted by Crippen LogP contribution is 2.26. The average Bonchev–Trinajstić information content (AvgIpc) is 3.25. The van der Waals surface area contributed by atoms with E-state index in [0.717, 1.165) is 19.5 Å². The molecule has 1 aromatic heterocycles. The highest BCUT2D eigenvalue weighted by molar-refractivity contribution is 5.99. The van der Waals surface area contributed by atoms with Crippen molar-refractivity contribution in [1.29, 1.82) is 0 Å². The van der Waals surface area contributed by atoms with E-state index in [4.69, 9.17) is 4.52 Å². The molecule has 6 heteroatoms. The van der Waals surface area contributed by atoms with Crippen molar-refractivity contribution in [3.63, 3.8) is 0 Å². The van der Waals surface area contributed by atoms with Crippen LogP contribution < -0.4 is 10.2 Å². The molecule has 3 aromatic rings. The third-order valence-electron chi connectivity index (χ3n) is 4.89. The number of nitrogens with one attached hydrogen (secondary N) is 1. The lowest BCUT2D eigenvalue weighted by molar-refractivity contribution is 0.0953. The van der Waals surface area contributed by atoms with Crippen LogP contribution in [0, 0.1) is 0 Å². The lowest BCUT2D eigenvalue weighted by atomic mass is 9.96. The number of benzene rings is 2. The summed E-state index contributed by atoms with van der Waals surface area (Å²) in [7, 11) is 0. The van der Waals surface area contributed by atoms with Crippen molar-refractivity contribution in [1.82, 2.24) is 15.5 Å². The third kappa shape index (κ3) is 5.26. The molecule has 0 unspecified atom stereocenters. The number of nitrogens with zero attached hydrogens (tertiary/aromatic N) is 3. The van der Waals surface area contributed by atoms with E-state index in [-0.39, 0.29) is 11.3 Å². The summed E-state index contributed by atoms with van der Waals surface area (Å²) in [5.74, 6) is 0.851. The minimum atomic E-state index is -0.219. The molecule has 0 spiro atoms. The van der Waals surface area contributed by atoms with Gasteiger partial charge in [0, 0.05) is 30.7 Å². The first kappa shape index (κ1) is 21.6. The molecule has 0 saturated carbocycles. The SMILES string of the molecule is CCN(CCCNC(=O)c1ccccc1-c1nc(C(C)(C)C)no1)c1ccccc1. The smallest absolute Gasteiger partial charge is 0.258 e. The van der Waals surface area contributed by atoms with E-state index < -0.39 is 0 Å². The van der Waals surface area contributed by atoms with E-state index in [9.17, 15) is 4.79 Å². The van der Waals surface area contributed by atoms with E-state index in [1.165, 1.54) is 5.69 Å². The van der Waals surface area contributed by atoms with Crippen molar-refractivity contribution in [2.24, 2.45) is 0 Å². The van der Waals surface area contributed by atoms with Crippen LogP contribution in [0.25, 0.3) is 11.5 Å². The first-order chi connectivity index (χ1) is 14.4. The van der Waals surface area contributed by atoms with Crippen LogP contribution in [0.5, 0.6) is 0 Å². The van der Waals surface area contributed by atoms with Gasteiger partial charge in [-0.05, 0) is 37.6 Å². The molecule has 0 fully saturated rings. The molecule has 0 radical (unpaired) electrons. The molecule has 0 saturated heterocycles. The van der Waals surface area contributed by atoms with Crippen LogP contribution in [-0.2, 0) is 5.41 Å². The largest absolute Gasteiger partial charge is 0.372 e. The van der Waals surface area contributed by atoms with Crippen LogP contribution in [0.1, 0.15) is 50.3 Å². The Morgan fingerprint density at radius 3 is 2.43 bits per heavy atom. The summed E-state index contributed by atoms with van der Waals surface area (Å²) < 4.78 is 5.44. The molecular formula is C24H30N4O2. The van der Waals surface area contributed by atoms with Gasteiger partial charge in [0.2, 0.25) is 0 Å². The molecule has 0 aliphatic carbocycles. The molecule has 1 heterocycles. The monoisotopic (exact) mass is 406 g/mol. The summed E-state index contributed by atoms with van der Waals surface area (Å²) in [5, 5.41) is 7.10. The van der Waals surface area contributed by atoms with Gasteiger partial charge in [0.05, 0.1) is 11.1 Å². The van der Waals surface area contributed by atoms with Gasteiger partial charge in [-0.3, -0.25) is 4.79 Å². The minimum absolute atomic E-state index is 0.135. The van der Waals surface area contributed by atoms with Crippen LogP contribution in [0.15, 0.2) is 59.1 Å². The van der Waals surface area contributed by atoms with Gasteiger partial charge in [0.1, 0.15) is 0 Å². The van der Waals surface area contributed by atoms with Gasteiger partial charge in [0.15, 0.2) is 5.82 Å². The first-order valence-electron chi connectivity index (χ1n) is 10.4. The molecule has 0 bridgehead atoms. The fraction of sp³-hybridized carbons (Fsp3) is 0.375. The zero-order chi connectivity index (χ0) is 21.6. The summed E-state index contributed by atoms with van der Waals surface area (Å²) in [6.07, 6.45) is 0.853. The standard InChI is InChI=1S/C24H30N4O2/c1-5-28(18-12-7-6-8-13-18)17-11-16-25-21(29)19-14-9-10-15-20(19)22-26-23(27-30-22)24(2,3)4/h6-10,12-15H,5,11,16-17H2,1-4H3,(H,25,29). The normalized spacial score (nSPS) is 11.3.